The highest BCUT2D eigenvalue weighted by Crippen LogP contribution is 2.18. The van der Waals surface area contributed by atoms with Gasteiger partial charge in [-0.2, -0.15) is 0 Å². The van der Waals surface area contributed by atoms with Gasteiger partial charge in [0, 0.05) is 16.6 Å². The molecule has 0 radical (unpaired) electrons. The molecule has 1 aromatic rings. The molecular weight excluding hydrogens is 231 g/mol. The van der Waals surface area contributed by atoms with Crippen LogP contribution < -0.4 is 11.1 Å². The standard InChI is InChI=1S/C10H13FN2O2S/c1-2-16(15)6-10(14)13-9-5-7(11)3-4-8(9)12/h3-5H,2,6,12H2,1H3,(H,13,14). The van der Waals surface area contributed by atoms with Crippen molar-refractivity contribution in [1.29, 1.82) is 0 Å². The lowest BCUT2D eigenvalue weighted by Crippen LogP contribution is -2.20. The Kier molecular flexibility index (Phi) is 4.42. The average molecular weight is 244 g/mol. The van der Waals surface area contributed by atoms with Crippen LogP contribution in [0.2, 0.25) is 0 Å². The van der Waals surface area contributed by atoms with Crippen molar-refractivity contribution in [3.8, 4) is 0 Å². The number of hydrogen-bond donors (Lipinski definition) is 2. The summed E-state index contributed by atoms with van der Waals surface area (Å²) in [4.78, 5) is 11.4. The fraction of sp³-hybridized carbons (Fsp3) is 0.300. The lowest BCUT2D eigenvalue weighted by molar-refractivity contribution is -0.113. The number of amides is 1. The number of rotatable bonds is 4. The number of carbonyl (C=O) groups is 1. The third kappa shape index (κ3) is 3.62. The quantitative estimate of drug-likeness (QED) is 0.779. The molecule has 0 bridgehead atoms. The summed E-state index contributed by atoms with van der Waals surface area (Å²) in [5.41, 5.74) is 6.03. The van der Waals surface area contributed by atoms with Crippen molar-refractivity contribution in [2.24, 2.45) is 0 Å². The topological polar surface area (TPSA) is 72.2 Å². The molecule has 4 nitrogen and oxygen atoms in total. The van der Waals surface area contributed by atoms with Gasteiger partial charge >= 0.3 is 0 Å². The first-order valence-corrected chi connectivity index (χ1v) is 6.21. The van der Waals surface area contributed by atoms with Crippen LogP contribution in [0.5, 0.6) is 0 Å². The van der Waals surface area contributed by atoms with Gasteiger partial charge < -0.3 is 11.1 Å². The maximum atomic E-state index is 12.9. The summed E-state index contributed by atoms with van der Waals surface area (Å²) >= 11 is 0. The first-order valence-electron chi connectivity index (χ1n) is 4.72. The van der Waals surface area contributed by atoms with E-state index in [-0.39, 0.29) is 17.1 Å². The number of nitrogen functional groups attached to an aromatic ring is 1. The minimum atomic E-state index is -1.19. The second kappa shape index (κ2) is 5.60. The van der Waals surface area contributed by atoms with Gasteiger partial charge in [0.2, 0.25) is 5.91 Å². The zero-order chi connectivity index (χ0) is 12.1. The van der Waals surface area contributed by atoms with Crippen molar-refractivity contribution >= 4 is 28.1 Å². The third-order valence-electron chi connectivity index (χ3n) is 1.90. The lowest BCUT2D eigenvalue weighted by Gasteiger charge is -2.07. The van der Waals surface area contributed by atoms with E-state index in [0.29, 0.717) is 5.75 Å². The Morgan fingerprint density at radius 1 is 1.56 bits per heavy atom. The highest BCUT2D eigenvalue weighted by Gasteiger charge is 2.09. The van der Waals surface area contributed by atoms with Gasteiger partial charge in [-0.1, -0.05) is 6.92 Å². The SMILES string of the molecule is CCS(=O)CC(=O)Nc1cc(F)ccc1N. The predicted octanol–water partition coefficient (Wildman–Crippen LogP) is 1.11. The average Bonchev–Trinajstić information content (AvgIpc) is 2.23. The fourth-order valence-corrected chi connectivity index (χ4v) is 1.64. The molecule has 1 aromatic carbocycles. The van der Waals surface area contributed by atoms with E-state index < -0.39 is 22.5 Å². The molecule has 6 heteroatoms. The minimum Gasteiger partial charge on any atom is -0.397 e. The highest BCUT2D eigenvalue weighted by atomic mass is 32.2. The lowest BCUT2D eigenvalue weighted by atomic mass is 10.2. The molecule has 0 aliphatic carbocycles. The van der Waals surface area contributed by atoms with E-state index in [2.05, 4.69) is 5.32 Å². The molecule has 1 rings (SSSR count). The van der Waals surface area contributed by atoms with Crippen LogP contribution >= 0.6 is 0 Å². The summed E-state index contributed by atoms with van der Waals surface area (Å²) in [6.07, 6.45) is 0. The van der Waals surface area contributed by atoms with Gasteiger partial charge in [-0.3, -0.25) is 9.00 Å². The maximum absolute atomic E-state index is 12.9. The van der Waals surface area contributed by atoms with E-state index in [1.54, 1.807) is 6.92 Å². The molecule has 16 heavy (non-hydrogen) atoms. The molecule has 1 unspecified atom stereocenters. The minimum absolute atomic E-state index is 0.105. The molecular formula is C10H13FN2O2S. The Balaban J connectivity index is 2.69. The number of benzene rings is 1. The summed E-state index contributed by atoms with van der Waals surface area (Å²) in [6.45, 7) is 1.72. The molecule has 0 aromatic heterocycles. The first-order chi connectivity index (χ1) is 7.52. The van der Waals surface area contributed by atoms with Crippen LogP contribution in [0.15, 0.2) is 18.2 Å². The van der Waals surface area contributed by atoms with Gasteiger partial charge in [0.05, 0.1) is 11.4 Å². The van der Waals surface area contributed by atoms with E-state index in [4.69, 9.17) is 5.73 Å². The molecule has 3 N–H and O–H groups in total. The Bertz CT molecular complexity index is 423. The van der Waals surface area contributed by atoms with Crippen LogP contribution in [0.4, 0.5) is 15.8 Å². The monoisotopic (exact) mass is 244 g/mol. The fourth-order valence-electron chi connectivity index (χ4n) is 1.07. The number of carbonyl (C=O) groups excluding carboxylic acids is 1. The second-order valence-electron chi connectivity index (χ2n) is 3.15. The molecule has 1 atom stereocenters. The summed E-state index contributed by atoms with van der Waals surface area (Å²) < 4.78 is 24.0. The Hall–Kier alpha value is -1.43. The number of halogens is 1. The summed E-state index contributed by atoms with van der Waals surface area (Å²) in [5, 5.41) is 2.42. The Labute approximate surface area is 95.5 Å². The molecule has 0 heterocycles. The molecule has 0 fully saturated rings. The van der Waals surface area contributed by atoms with Crippen LogP contribution in [0.1, 0.15) is 6.92 Å². The van der Waals surface area contributed by atoms with E-state index in [0.717, 1.165) is 6.07 Å². The zero-order valence-corrected chi connectivity index (χ0v) is 9.64. The molecule has 0 saturated heterocycles. The second-order valence-corrected chi connectivity index (χ2v) is 4.90. The Morgan fingerprint density at radius 2 is 2.25 bits per heavy atom. The van der Waals surface area contributed by atoms with Gasteiger partial charge in [0.15, 0.2) is 0 Å². The van der Waals surface area contributed by atoms with Crippen molar-refractivity contribution in [3.63, 3.8) is 0 Å². The molecule has 0 aliphatic rings. The number of nitrogens with two attached hydrogens (primary N) is 1. The van der Waals surface area contributed by atoms with E-state index in [9.17, 15) is 13.4 Å². The van der Waals surface area contributed by atoms with Gasteiger partial charge in [-0.05, 0) is 18.2 Å². The van der Waals surface area contributed by atoms with Gasteiger partial charge in [0.25, 0.3) is 0 Å². The van der Waals surface area contributed by atoms with Crippen LogP contribution in [-0.2, 0) is 15.6 Å². The maximum Gasteiger partial charge on any atom is 0.237 e. The first kappa shape index (κ1) is 12.6. The Morgan fingerprint density at radius 3 is 2.88 bits per heavy atom. The largest absolute Gasteiger partial charge is 0.397 e. The number of nitrogens with one attached hydrogen (secondary N) is 1. The molecule has 88 valence electrons. The van der Waals surface area contributed by atoms with Crippen LogP contribution in [0, 0.1) is 5.82 Å². The van der Waals surface area contributed by atoms with E-state index >= 15 is 0 Å². The van der Waals surface area contributed by atoms with E-state index in [1.165, 1.54) is 12.1 Å². The van der Waals surface area contributed by atoms with Crippen molar-refractivity contribution in [2.75, 3.05) is 22.6 Å². The van der Waals surface area contributed by atoms with Crippen LogP contribution in [-0.4, -0.2) is 21.6 Å². The zero-order valence-electron chi connectivity index (χ0n) is 8.83. The molecule has 0 saturated carbocycles. The van der Waals surface area contributed by atoms with Gasteiger partial charge in [0.1, 0.15) is 11.6 Å². The summed E-state index contributed by atoms with van der Waals surface area (Å²) in [6, 6.07) is 3.69. The third-order valence-corrected chi connectivity index (χ3v) is 3.13. The summed E-state index contributed by atoms with van der Waals surface area (Å²) in [7, 11) is -1.19. The molecule has 1 amide bonds. The predicted molar refractivity (Wildman–Crippen MR) is 63.0 cm³/mol. The highest BCUT2D eigenvalue weighted by molar-refractivity contribution is 7.85. The van der Waals surface area contributed by atoms with Gasteiger partial charge in [-0.25, -0.2) is 4.39 Å². The van der Waals surface area contributed by atoms with Crippen molar-refractivity contribution < 1.29 is 13.4 Å². The van der Waals surface area contributed by atoms with Crippen molar-refractivity contribution in [3.05, 3.63) is 24.0 Å². The van der Waals surface area contributed by atoms with Crippen LogP contribution in [0.25, 0.3) is 0 Å². The van der Waals surface area contributed by atoms with Crippen LogP contribution in [0.3, 0.4) is 0 Å². The molecule has 0 spiro atoms. The van der Waals surface area contributed by atoms with Gasteiger partial charge in [-0.15, -0.1) is 0 Å². The smallest absolute Gasteiger partial charge is 0.237 e. The normalized spacial score (nSPS) is 12.1. The number of hydrogen-bond acceptors (Lipinski definition) is 3. The number of anilines is 2. The van der Waals surface area contributed by atoms with E-state index in [1.807, 2.05) is 0 Å². The summed E-state index contributed by atoms with van der Waals surface area (Å²) in [5.74, 6) is -0.614. The molecule has 0 aliphatic heterocycles. The van der Waals surface area contributed by atoms with Crippen molar-refractivity contribution in [1.82, 2.24) is 0 Å². The van der Waals surface area contributed by atoms with Crippen molar-refractivity contribution in [2.45, 2.75) is 6.92 Å².